The van der Waals surface area contributed by atoms with Gasteiger partial charge in [-0.05, 0) is 137 Å². The Morgan fingerprint density at radius 3 is 1.56 bits per heavy atom. The second kappa shape index (κ2) is 6.84. The number of esters is 2. The third kappa shape index (κ3) is 3.15. The first-order chi connectivity index (χ1) is 15.5. The fourth-order valence-corrected chi connectivity index (χ4v) is 9.65. The van der Waals surface area contributed by atoms with Crippen molar-refractivity contribution < 1.29 is 19.1 Å². The summed E-state index contributed by atoms with van der Waals surface area (Å²) in [5.74, 6) is 4.70. The van der Waals surface area contributed by atoms with E-state index in [2.05, 4.69) is 0 Å². The topological polar surface area (TPSA) is 52.6 Å². The van der Waals surface area contributed by atoms with Crippen LogP contribution in [-0.4, -0.2) is 17.5 Å². The lowest BCUT2D eigenvalue weighted by atomic mass is 9.49. The number of carbonyl (C=O) groups excluding carboxylic acids is 2. The fraction of sp³-hybridized carbons (Fsp3) is 0.714. The summed E-state index contributed by atoms with van der Waals surface area (Å²) in [4.78, 5) is 26.1. The van der Waals surface area contributed by atoms with Gasteiger partial charge < -0.3 is 9.47 Å². The molecular weight excluding hydrogens is 400 g/mol. The normalized spacial score (nSPS) is 45.1. The number of hydrogen-bond acceptors (Lipinski definition) is 4. The summed E-state index contributed by atoms with van der Waals surface area (Å²) in [7, 11) is 0. The summed E-state index contributed by atoms with van der Waals surface area (Å²) in [5.41, 5.74) is 0.0794. The van der Waals surface area contributed by atoms with Crippen molar-refractivity contribution in [1.82, 2.24) is 0 Å². The molecule has 8 aliphatic rings. The Morgan fingerprint density at radius 2 is 1.09 bits per heavy atom. The van der Waals surface area contributed by atoms with Crippen LogP contribution < -0.4 is 4.74 Å². The van der Waals surface area contributed by atoms with Crippen molar-refractivity contribution in [2.24, 2.45) is 40.9 Å². The Morgan fingerprint density at radius 1 is 0.656 bits per heavy atom. The molecule has 4 heteroatoms. The Balaban J connectivity index is 1.02. The number of ether oxygens (including phenoxy) is 2. The van der Waals surface area contributed by atoms with Gasteiger partial charge in [0.1, 0.15) is 11.4 Å². The molecule has 0 N–H and O–H groups in total. The number of rotatable bonds is 4. The van der Waals surface area contributed by atoms with Gasteiger partial charge in [-0.2, -0.15) is 0 Å². The molecule has 0 heterocycles. The van der Waals surface area contributed by atoms with Crippen LogP contribution in [0.5, 0.6) is 5.75 Å². The maximum atomic E-state index is 13.2. The first kappa shape index (κ1) is 19.6. The first-order valence-corrected chi connectivity index (χ1v) is 13.0. The van der Waals surface area contributed by atoms with E-state index in [1.165, 1.54) is 38.5 Å². The molecule has 0 atom stereocenters. The number of carbonyl (C=O) groups is 2. The summed E-state index contributed by atoms with van der Waals surface area (Å²) in [6.45, 7) is 0. The van der Waals surface area contributed by atoms with Gasteiger partial charge in [-0.3, -0.25) is 4.79 Å². The van der Waals surface area contributed by atoms with E-state index in [4.69, 9.17) is 9.47 Å². The highest BCUT2D eigenvalue weighted by molar-refractivity contribution is 5.90. The third-order valence-electron chi connectivity index (χ3n) is 10.1. The van der Waals surface area contributed by atoms with E-state index in [-0.39, 0.29) is 23.0 Å². The van der Waals surface area contributed by atoms with Crippen molar-refractivity contribution in [2.45, 2.75) is 82.7 Å². The van der Waals surface area contributed by atoms with Crippen LogP contribution in [0.4, 0.5) is 0 Å². The lowest BCUT2D eigenvalue weighted by molar-refractivity contribution is -0.161. The van der Waals surface area contributed by atoms with E-state index in [1.807, 2.05) is 0 Å². The van der Waals surface area contributed by atoms with E-state index < -0.39 is 0 Å². The van der Waals surface area contributed by atoms with Gasteiger partial charge in [-0.1, -0.05) is 0 Å². The zero-order valence-electron chi connectivity index (χ0n) is 18.9. The van der Waals surface area contributed by atoms with Gasteiger partial charge in [0, 0.05) is 0 Å². The highest BCUT2D eigenvalue weighted by atomic mass is 16.6. The van der Waals surface area contributed by atoms with Crippen LogP contribution in [0.15, 0.2) is 24.3 Å². The molecule has 8 fully saturated rings. The molecule has 8 aliphatic carbocycles. The second-order valence-electron chi connectivity index (χ2n) is 12.6. The molecule has 0 amide bonds. The fourth-order valence-electron chi connectivity index (χ4n) is 9.65. The molecule has 4 nitrogen and oxygen atoms in total. The van der Waals surface area contributed by atoms with Crippen LogP contribution in [0.25, 0.3) is 0 Å². The minimum absolute atomic E-state index is 0.0412. The van der Waals surface area contributed by atoms with Gasteiger partial charge in [0.05, 0.1) is 11.0 Å². The Kier molecular flexibility index (Phi) is 4.19. The molecule has 0 aromatic heterocycles. The molecule has 1 aromatic rings. The summed E-state index contributed by atoms with van der Waals surface area (Å²) < 4.78 is 12.1. The van der Waals surface area contributed by atoms with Gasteiger partial charge >= 0.3 is 11.9 Å². The minimum Gasteiger partial charge on any atom is -0.455 e. The molecule has 8 saturated carbocycles. The highest BCUT2D eigenvalue weighted by Crippen LogP contribution is 2.60. The molecule has 0 spiro atoms. The number of benzene rings is 1. The predicted octanol–water partition coefficient (Wildman–Crippen LogP) is 5.93. The van der Waals surface area contributed by atoms with Crippen LogP contribution in [0.3, 0.4) is 0 Å². The molecule has 8 bridgehead atoms. The maximum Gasteiger partial charge on any atom is 0.338 e. The molecule has 0 unspecified atom stereocenters. The average Bonchev–Trinajstić information content (AvgIpc) is 2.72. The first-order valence-electron chi connectivity index (χ1n) is 13.0. The molecule has 1 aromatic carbocycles. The zero-order valence-corrected chi connectivity index (χ0v) is 18.9. The smallest absolute Gasteiger partial charge is 0.338 e. The van der Waals surface area contributed by atoms with Crippen molar-refractivity contribution >= 4 is 11.9 Å². The molecule has 9 rings (SSSR count). The van der Waals surface area contributed by atoms with Gasteiger partial charge in [0.25, 0.3) is 0 Å². The molecule has 32 heavy (non-hydrogen) atoms. The van der Waals surface area contributed by atoms with Gasteiger partial charge in [-0.15, -0.1) is 0 Å². The van der Waals surface area contributed by atoms with Crippen LogP contribution in [-0.2, 0) is 9.53 Å². The van der Waals surface area contributed by atoms with Gasteiger partial charge in [0.2, 0.25) is 0 Å². The van der Waals surface area contributed by atoms with Gasteiger partial charge in [-0.25, -0.2) is 4.79 Å². The summed E-state index contributed by atoms with van der Waals surface area (Å²) >= 11 is 0. The predicted molar refractivity (Wildman–Crippen MR) is 119 cm³/mol. The largest absolute Gasteiger partial charge is 0.455 e. The SMILES string of the molecule is O=C(OC12CC3CC(CC(C3)C1)C2)c1ccc(OC(=O)C23CC4CC(CC(C4)C2)C3)cc1. The van der Waals surface area contributed by atoms with Crippen molar-refractivity contribution in [3.05, 3.63) is 29.8 Å². The molecule has 170 valence electrons. The average molecular weight is 435 g/mol. The standard InChI is InChI=1S/C28H34O4/c29-25(32-28-14-20-8-21(15-28)10-22(9-20)16-28)23-1-3-24(4-2-23)31-26(30)27-11-17-5-18(12-27)7-19(6-17)13-27/h1-4,17-22H,5-16H2. The Hall–Kier alpha value is -1.84. The van der Waals surface area contributed by atoms with Crippen molar-refractivity contribution in [2.75, 3.05) is 0 Å². The van der Waals surface area contributed by atoms with E-state index in [0.29, 0.717) is 11.3 Å². The molecule has 0 saturated heterocycles. The Labute approximate surface area is 190 Å². The van der Waals surface area contributed by atoms with E-state index in [1.54, 1.807) is 24.3 Å². The van der Waals surface area contributed by atoms with Gasteiger partial charge in [0.15, 0.2) is 0 Å². The maximum absolute atomic E-state index is 13.2. The van der Waals surface area contributed by atoms with Crippen LogP contribution in [0, 0.1) is 40.9 Å². The summed E-state index contributed by atoms with van der Waals surface area (Å²) in [5, 5.41) is 0. The second-order valence-corrected chi connectivity index (χ2v) is 12.6. The third-order valence-corrected chi connectivity index (χ3v) is 10.1. The molecule has 0 radical (unpaired) electrons. The molecular formula is C28H34O4. The van der Waals surface area contributed by atoms with Crippen molar-refractivity contribution in [3.63, 3.8) is 0 Å². The quantitative estimate of drug-likeness (QED) is 0.435. The molecule has 0 aliphatic heterocycles. The minimum atomic E-state index is -0.259. The summed E-state index contributed by atoms with van der Waals surface area (Å²) in [6.07, 6.45) is 14.1. The lowest BCUT2D eigenvalue weighted by Crippen LogP contribution is -2.52. The van der Waals surface area contributed by atoms with E-state index in [9.17, 15) is 9.59 Å². The summed E-state index contributed by atoms with van der Waals surface area (Å²) in [6, 6.07) is 7.08. The monoisotopic (exact) mass is 434 g/mol. The van der Waals surface area contributed by atoms with Crippen LogP contribution in [0.2, 0.25) is 0 Å². The Bertz CT molecular complexity index is 874. The lowest BCUT2D eigenvalue weighted by Gasteiger charge is -2.55. The zero-order chi connectivity index (χ0) is 21.5. The van der Waals surface area contributed by atoms with Crippen molar-refractivity contribution in [3.8, 4) is 5.75 Å². The van der Waals surface area contributed by atoms with E-state index in [0.717, 1.165) is 74.0 Å². The van der Waals surface area contributed by atoms with Crippen molar-refractivity contribution in [1.29, 1.82) is 0 Å². The van der Waals surface area contributed by atoms with Crippen LogP contribution in [0.1, 0.15) is 87.4 Å². The highest BCUT2D eigenvalue weighted by Gasteiger charge is 2.56. The number of hydrogen-bond donors (Lipinski definition) is 0. The van der Waals surface area contributed by atoms with Crippen LogP contribution >= 0.6 is 0 Å². The van der Waals surface area contributed by atoms with E-state index >= 15 is 0 Å².